The van der Waals surface area contributed by atoms with Crippen molar-refractivity contribution < 1.29 is 23.1 Å². The van der Waals surface area contributed by atoms with Gasteiger partial charge < -0.3 is 16.2 Å². The van der Waals surface area contributed by atoms with Crippen LogP contribution in [0.1, 0.15) is 24.0 Å². The van der Waals surface area contributed by atoms with Crippen molar-refractivity contribution in [3.63, 3.8) is 0 Å². The van der Waals surface area contributed by atoms with E-state index in [0.29, 0.717) is 12.6 Å². The number of anilines is 1. The molecule has 1 unspecified atom stereocenters. The van der Waals surface area contributed by atoms with E-state index in [1.807, 2.05) is 4.90 Å². The molecule has 1 saturated heterocycles. The molecule has 1 amide bonds. The predicted molar refractivity (Wildman–Crippen MR) is 98.9 cm³/mol. The lowest BCUT2D eigenvalue weighted by Gasteiger charge is -2.32. The quantitative estimate of drug-likeness (QED) is 0.689. The Morgan fingerprint density at radius 3 is 2.72 bits per heavy atom. The summed E-state index contributed by atoms with van der Waals surface area (Å²) in [6.45, 7) is 3.02. The van der Waals surface area contributed by atoms with Gasteiger partial charge in [-0.2, -0.15) is 13.2 Å². The number of phenolic OH excluding ortho intramolecular Hbond substituents is 1. The summed E-state index contributed by atoms with van der Waals surface area (Å²) in [5, 5.41) is 21.2. The average Bonchev–Trinajstić information content (AvgIpc) is 2.61. The number of amides is 1. The summed E-state index contributed by atoms with van der Waals surface area (Å²) in [7, 11) is 0. The first-order valence-corrected chi connectivity index (χ1v) is 9.01. The second-order valence-corrected chi connectivity index (χ2v) is 7.04. The molecule has 11 heteroatoms. The summed E-state index contributed by atoms with van der Waals surface area (Å²) in [4.78, 5) is 17.2. The van der Waals surface area contributed by atoms with Crippen molar-refractivity contribution in [2.24, 2.45) is 5.73 Å². The van der Waals surface area contributed by atoms with Gasteiger partial charge in [0.05, 0.1) is 18.3 Å². The van der Waals surface area contributed by atoms with E-state index in [1.54, 1.807) is 0 Å². The Morgan fingerprint density at radius 2 is 2.14 bits per heavy atom. The Balaban J connectivity index is 1.73. The molecule has 0 spiro atoms. The van der Waals surface area contributed by atoms with Gasteiger partial charge in [-0.05, 0) is 44.0 Å². The lowest BCUT2D eigenvalue weighted by molar-refractivity contribution is -0.137. The third-order valence-electron chi connectivity index (χ3n) is 4.68. The first-order valence-electron chi connectivity index (χ1n) is 9.01. The molecule has 2 heterocycles. The number of likely N-dealkylation sites (tertiary alicyclic amines) is 1. The minimum absolute atomic E-state index is 0.0111. The molecule has 8 nitrogen and oxygen atoms in total. The fourth-order valence-electron chi connectivity index (χ4n) is 3.44. The maximum atomic E-state index is 12.9. The maximum absolute atomic E-state index is 12.9. The molecule has 1 fully saturated rings. The van der Waals surface area contributed by atoms with Crippen LogP contribution in [0.25, 0.3) is 11.3 Å². The zero-order chi connectivity index (χ0) is 21.2. The molecule has 0 saturated carbocycles. The van der Waals surface area contributed by atoms with E-state index in [2.05, 4.69) is 20.5 Å². The largest absolute Gasteiger partial charge is 0.507 e. The molecule has 156 valence electrons. The Bertz CT molecular complexity index is 865. The summed E-state index contributed by atoms with van der Waals surface area (Å²) in [5.74, 6) is -0.674. The zero-order valence-corrected chi connectivity index (χ0v) is 15.7. The number of hydrogen-bond donors (Lipinski definition) is 3. The van der Waals surface area contributed by atoms with Crippen LogP contribution in [0.5, 0.6) is 5.75 Å². The van der Waals surface area contributed by atoms with E-state index in [4.69, 9.17) is 5.73 Å². The second-order valence-electron chi connectivity index (χ2n) is 7.04. The molecule has 1 aliphatic rings. The van der Waals surface area contributed by atoms with E-state index in [1.165, 1.54) is 13.1 Å². The predicted octanol–water partition coefficient (Wildman–Crippen LogP) is 1.93. The number of carbonyl (C=O) groups excluding carboxylic acids is 1. The van der Waals surface area contributed by atoms with Crippen molar-refractivity contribution in [2.45, 2.75) is 32.0 Å². The normalized spacial score (nSPS) is 17.9. The molecule has 3 rings (SSSR count). The maximum Gasteiger partial charge on any atom is 0.416 e. The van der Waals surface area contributed by atoms with E-state index in [9.17, 15) is 23.1 Å². The fraction of sp³-hybridized carbons (Fsp3) is 0.444. The molecule has 4 N–H and O–H groups in total. The number of benzene rings is 1. The van der Waals surface area contributed by atoms with Gasteiger partial charge in [0.25, 0.3) is 0 Å². The number of phenols is 1. The smallest absolute Gasteiger partial charge is 0.416 e. The lowest BCUT2D eigenvalue weighted by Crippen LogP contribution is -2.45. The minimum atomic E-state index is -4.55. The Morgan fingerprint density at radius 1 is 1.38 bits per heavy atom. The van der Waals surface area contributed by atoms with Crippen LogP contribution < -0.4 is 11.1 Å². The molecule has 1 aromatic carbocycles. The van der Waals surface area contributed by atoms with E-state index >= 15 is 0 Å². The van der Waals surface area contributed by atoms with Gasteiger partial charge in [-0.15, -0.1) is 10.2 Å². The molecule has 0 aliphatic carbocycles. The first kappa shape index (κ1) is 20.8. The molecule has 1 aliphatic heterocycles. The van der Waals surface area contributed by atoms with Crippen molar-refractivity contribution in [1.82, 2.24) is 20.1 Å². The van der Waals surface area contributed by atoms with Gasteiger partial charge in [0, 0.05) is 18.2 Å². The molecule has 1 aromatic heterocycles. The number of nitrogens with two attached hydrogens (primary N) is 1. The number of carbonyl (C=O) groups is 1. The number of alkyl halides is 3. The van der Waals surface area contributed by atoms with Gasteiger partial charge in [0.1, 0.15) is 11.4 Å². The van der Waals surface area contributed by atoms with Gasteiger partial charge in [0.15, 0.2) is 0 Å². The van der Waals surface area contributed by atoms with Crippen LogP contribution in [0.2, 0.25) is 0 Å². The Hall–Kier alpha value is -2.95. The molecule has 2 aromatic rings. The monoisotopic (exact) mass is 410 g/mol. The van der Waals surface area contributed by atoms with Crippen LogP contribution in [0.4, 0.5) is 19.1 Å². The lowest BCUT2D eigenvalue weighted by atomic mass is 10.0. The van der Waals surface area contributed by atoms with Crippen molar-refractivity contribution in [3.8, 4) is 17.0 Å². The number of primary amides is 1. The summed E-state index contributed by atoms with van der Waals surface area (Å²) < 4.78 is 38.6. The number of aryl methyl sites for hydroxylation is 1. The van der Waals surface area contributed by atoms with Crippen molar-refractivity contribution in [2.75, 3.05) is 25.0 Å². The van der Waals surface area contributed by atoms with E-state index < -0.39 is 17.5 Å². The summed E-state index contributed by atoms with van der Waals surface area (Å²) in [5.41, 5.74) is 4.82. The van der Waals surface area contributed by atoms with Crippen molar-refractivity contribution in [1.29, 1.82) is 0 Å². The van der Waals surface area contributed by atoms with Gasteiger partial charge >= 0.3 is 6.18 Å². The average molecular weight is 410 g/mol. The SMILES string of the molecule is Cc1cc(C(F)(F)F)cc(O)c1-c1cnc(NC2CCCN(CC(N)=O)C2)nn1. The number of hydrogen-bond acceptors (Lipinski definition) is 7. The van der Waals surface area contributed by atoms with Gasteiger partial charge in [0.2, 0.25) is 11.9 Å². The number of rotatable bonds is 5. The molecular weight excluding hydrogens is 389 g/mol. The number of aromatic nitrogens is 3. The summed E-state index contributed by atoms with van der Waals surface area (Å²) in [6, 6.07) is 1.61. The number of halogens is 3. The van der Waals surface area contributed by atoms with Gasteiger partial charge in [-0.3, -0.25) is 9.69 Å². The molecule has 0 bridgehead atoms. The second kappa shape index (κ2) is 8.19. The van der Waals surface area contributed by atoms with Crippen molar-refractivity contribution in [3.05, 3.63) is 29.5 Å². The van der Waals surface area contributed by atoms with Crippen molar-refractivity contribution >= 4 is 11.9 Å². The van der Waals surface area contributed by atoms with Gasteiger partial charge in [-0.25, -0.2) is 4.98 Å². The number of nitrogens with zero attached hydrogens (tertiary/aromatic N) is 4. The van der Waals surface area contributed by atoms with Crippen LogP contribution in [-0.2, 0) is 11.0 Å². The van der Waals surface area contributed by atoms with Gasteiger partial charge in [-0.1, -0.05) is 0 Å². The fourth-order valence-corrected chi connectivity index (χ4v) is 3.44. The number of nitrogens with one attached hydrogen (secondary N) is 1. The molecule has 0 radical (unpaired) electrons. The van der Waals surface area contributed by atoms with Crippen LogP contribution >= 0.6 is 0 Å². The number of aromatic hydroxyl groups is 1. The standard InChI is InChI=1S/C18H21F3N6O2/c1-10-5-11(18(19,20)21)6-14(28)16(10)13-7-23-17(26-25-13)24-12-3-2-4-27(8-12)9-15(22)29/h5-7,12,28H,2-4,8-9H2,1H3,(H2,22,29)(H,23,24,26). The molecular formula is C18H21F3N6O2. The molecule has 29 heavy (non-hydrogen) atoms. The van der Waals surface area contributed by atoms with E-state index in [-0.39, 0.29) is 41.3 Å². The van der Waals surface area contributed by atoms with E-state index in [0.717, 1.165) is 25.5 Å². The third kappa shape index (κ3) is 5.11. The topological polar surface area (TPSA) is 117 Å². The minimum Gasteiger partial charge on any atom is -0.507 e. The first-order chi connectivity index (χ1) is 13.6. The highest BCUT2D eigenvalue weighted by Crippen LogP contribution is 2.38. The van der Waals surface area contributed by atoms with Crippen LogP contribution in [0.15, 0.2) is 18.3 Å². The third-order valence-corrected chi connectivity index (χ3v) is 4.68. The highest BCUT2D eigenvalue weighted by Gasteiger charge is 2.32. The van der Waals surface area contributed by atoms with Crippen LogP contribution in [0.3, 0.4) is 0 Å². The highest BCUT2D eigenvalue weighted by molar-refractivity contribution is 5.76. The van der Waals surface area contributed by atoms with Crippen LogP contribution in [-0.4, -0.2) is 56.8 Å². The molecule has 1 atom stereocenters. The zero-order valence-electron chi connectivity index (χ0n) is 15.7. The number of piperidine rings is 1. The highest BCUT2D eigenvalue weighted by atomic mass is 19.4. The summed E-state index contributed by atoms with van der Waals surface area (Å²) >= 11 is 0. The Kier molecular flexibility index (Phi) is 5.87. The van der Waals surface area contributed by atoms with Crippen LogP contribution in [0, 0.1) is 6.92 Å². The summed E-state index contributed by atoms with van der Waals surface area (Å²) in [6.07, 6.45) is -1.47. The Labute approximate surface area is 164 Å².